The standard InChI is InChI=1S/C9H6Cl2N2O/c1-5-4-6(2-3-7(5)10)8-12-9(11)13-14-8/h2-4H,1H3. The van der Waals surface area contributed by atoms with Crippen LogP contribution in [0.25, 0.3) is 11.5 Å². The van der Waals surface area contributed by atoms with Gasteiger partial charge in [0.15, 0.2) is 0 Å². The zero-order chi connectivity index (χ0) is 10.1. The first-order valence-electron chi connectivity index (χ1n) is 3.92. The smallest absolute Gasteiger partial charge is 0.264 e. The lowest BCUT2D eigenvalue weighted by atomic mass is 10.1. The van der Waals surface area contributed by atoms with Crippen LogP contribution in [0.5, 0.6) is 0 Å². The molecule has 0 aliphatic carbocycles. The van der Waals surface area contributed by atoms with Crippen LogP contribution in [0.2, 0.25) is 10.3 Å². The van der Waals surface area contributed by atoms with Crippen molar-refractivity contribution in [3.63, 3.8) is 0 Å². The van der Waals surface area contributed by atoms with E-state index in [1.165, 1.54) is 0 Å². The topological polar surface area (TPSA) is 38.9 Å². The highest BCUT2D eigenvalue weighted by molar-refractivity contribution is 6.31. The summed E-state index contributed by atoms with van der Waals surface area (Å²) in [4.78, 5) is 3.90. The Morgan fingerprint density at radius 1 is 1.29 bits per heavy atom. The van der Waals surface area contributed by atoms with Crippen LogP contribution in [-0.2, 0) is 0 Å². The second-order valence-corrected chi connectivity index (χ2v) is 3.58. The lowest BCUT2D eigenvalue weighted by Crippen LogP contribution is -1.80. The molecule has 0 amide bonds. The van der Waals surface area contributed by atoms with Gasteiger partial charge in [-0.1, -0.05) is 11.6 Å². The summed E-state index contributed by atoms with van der Waals surface area (Å²) in [5, 5.41) is 4.30. The normalized spacial score (nSPS) is 10.5. The van der Waals surface area contributed by atoms with Crippen molar-refractivity contribution >= 4 is 23.2 Å². The van der Waals surface area contributed by atoms with Crippen LogP contribution in [-0.4, -0.2) is 10.1 Å². The summed E-state index contributed by atoms with van der Waals surface area (Å²) in [5.74, 6) is 0.398. The number of rotatable bonds is 1. The van der Waals surface area contributed by atoms with Gasteiger partial charge in [-0.2, -0.15) is 4.98 Å². The minimum atomic E-state index is 0.104. The third kappa shape index (κ3) is 1.74. The van der Waals surface area contributed by atoms with Crippen molar-refractivity contribution in [2.45, 2.75) is 6.92 Å². The molecule has 0 atom stereocenters. The number of aryl methyl sites for hydroxylation is 1. The van der Waals surface area contributed by atoms with Crippen molar-refractivity contribution in [1.82, 2.24) is 10.1 Å². The van der Waals surface area contributed by atoms with Crippen LogP contribution in [0.3, 0.4) is 0 Å². The molecule has 0 radical (unpaired) electrons. The number of hydrogen-bond donors (Lipinski definition) is 0. The van der Waals surface area contributed by atoms with Gasteiger partial charge in [0.05, 0.1) is 0 Å². The first kappa shape index (κ1) is 9.49. The van der Waals surface area contributed by atoms with E-state index in [9.17, 15) is 0 Å². The van der Waals surface area contributed by atoms with Gasteiger partial charge in [0, 0.05) is 10.6 Å². The van der Waals surface area contributed by atoms with Crippen LogP contribution in [0.15, 0.2) is 22.7 Å². The van der Waals surface area contributed by atoms with Gasteiger partial charge in [0.25, 0.3) is 11.2 Å². The summed E-state index contributed by atoms with van der Waals surface area (Å²) in [6.45, 7) is 1.91. The molecule has 0 saturated heterocycles. The minimum Gasteiger partial charge on any atom is -0.333 e. The molecule has 0 fully saturated rings. The van der Waals surface area contributed by atoms with Crippen molar-refractivity contribution in [2.75, 3.05) is 0 Å². The molecule has 0 bridgehead atoms. The molecule has 72 valence electrons. The van der Waals surface area contributed by atoms with Crippen LogP contribution < -0.4 is 0 Å². The first-order chi connectivity index (χ1) is 6.66. The highest BCUT2D eigenvalue weighted by Crippen LogP contribution is 2.23. The average molecular weight is 229 g/mol. The summed E-state index contributed by atoms with van der Waals surface area (Å²) in [5.41, 5.74) is 1.77. The molecule has 2 aromatic rings. The molecule has 1 aromatic carbocycles. The molecule has 1 heterocycles. The molecular formula is C9H6Cl2N2O. The summed E-state index contributed by atoms with van der Waals surface area (Å²) in [7, 11) is 0. The Morgan fingerprint density at radius 3 is 2.64 bits per heavy atom. The van der Waals surface area contributed by atoms with Gasteiger partial charge in [-0.05, 0) is 47.4 Å². The molecule has 0 aliphatic heterocycles. The van der Waals surface area contributed by atoms with Crippen molar-refractivity contribution < 1.29 is 4.52 Å². The highest BCUT2D eigenvalue weighted by Gasteiger charge is 2.07. The van der Waals surface area contributed by atoms with Gasteiger partial charge in [0.2, 0.25) is 0 Å². The number of aromatic nitrogens is 2. The summed E-state index contributed by atoms with van der Waals surface area (Å²) < 4.78 is 4.91. The number of nitrogens with zero attached hydrogens (tertiary/aromatic N) is 2. The van der Waals surface area contributed by atoms with Crippen LogP contribution in [0.1, 0.15) is 5.56 Å². The molecule has 0 spiro atoms. The van der Waals surface area contributed by atoms with E-state index in [0.29, 0.717) is 10.9 Å². The monoisotopic (exact) mass is 228 g/mol. The Bertz CT molecular complexity index is 468. The molecule has 5 heteroatoms. The van der Waals surface area contributed by atoms with Gasteiger partial charge < -0.3 is 4.52 Å². The van der Waals surface area contributed by atoms with E-state index in [0.717, 1.165) is 11.1 Å². The molecule has 2 rings (SSSR count). The van der Waals surface area contributed by atoms with Crippen LogP contribution in [0.4, 0.5) is 0 Å². The predicted molar refractivity (Wildman–Crippen MR) is 54.5 cm³/mol. The second-order valence-electron chi connectivity index (χ2n) is 2.83. The molecular weight excluding hydrogens is 223 g/mol. The number of halogens is 2. The zero-order valence-electron chi connectivity index (χ0n) is 7.29. The maximum absolute atomic E-state index is 5.88. The Morgan fingerprint density at radius 2 is 2.07 bits per heavy atom. The van der Waals surface area contributed by atoms with Crippen molar-refractivity contribution in [3.05, 3.63) is 34.1 Å². The summed E-state index contributed by atoms with van der Waals surface area (Å²) >= 11 is 11.4. The fourth-order valence-electron chi connectivity index (χ4n) is 1.10. The van der Waals surface area contributed by atoms with Crippen LogP contribution in [0, 0.1) is 6.92 Å². The van der Waals surface area contributed by atoms with E-state index >= 15 is 0 Å². The number of hydrogen-bond acceptors (Lipinski definition) is 3. The zero-order valence-corrected chi connectivity index (χ0v) is 8.80. The van der Waals surface area contributed by atoms with Gasteiger partial charge >= 0.3 is 0 Å². The molecule has 14 heavy (non-hydrogen) atoms. The van der Waals surface area contributed by atoms with E-state index in [1.807, 2.05) is 13.0 Å². The molecule has 3 nitrogen and oxygen atoms in total. The largest absolute Gasteiger partial charge is 0.333 e. The maximum Gasteiger partial charge on any atom is 0.264 e. The average Bonchev–Trinajstić information content (AvgIpc) is 2.57. The Hall–Kier alpha value is -1.06. The van der Waals surface area contributed by atoms with Gasteiger partial charge in [-0.25, -0.2) is 0 Å². The molecule has 0 unspecified atom stereocenters. The quantitative estimate of drug-likeness (QED) is 0.752. The fraction of sp³-hybridized carbons (Fsp3) is 0.111. The van der Waals surface area contributed by atoms with E-state index in [1.54, 1.807) is 12.1 Å². The van der Waals surface area contributed by atoms with Gasteiger partial charge in [0.1, 0.15) is 0 Å². The predicted octanol–water partition coefficient (Wildman–Crippen LogP) is 3.35. The van der Waals surface area contributed by atoms with Crippen molar-refractivity contribution in [3.8, 4) is 11.5 Å². The maximum atomic E-state index is 5.88. The van der Waals surface area contributed by atoms with Gasteiger partial charge in [-0.15, -0.1) is 0 Å². The Balaban J connectivity index is 2.47. The lowest BCUT2D eigenvalue weighted by Gasteiger charge is -1.98. The van der Waals surface area contributed by atoms with Gasteiger partial charge in [-0.3, -0.25) is 0 Å². The third-order valence-electron chi connectivity index (χ3n) is 1.81. The lowest BCUT2D eigenvalue weighted by molar-refractivity contribution is 0.430. The SMILES string of the molecule is Cc1cc(-c2nc(Cl)no2)ccc1Cl. The molecule has 0 N–H and O–H groups in total. The number of benzene rings is 1. The fourth-order valence-corrected chi connectivity index (χ4v) is 1.33. The van der Waals surface area contributed by atoms with E-state index in [-0.39, 0.29) is 5.28 Å². The van der Waals surface area contributed by atoms with E-state index in [2.05, 4.69) is 10.1 Å². The highest BCUT2D eigenvalue weighted by atomic mass is 35.5. The Kier molecular flexibility index (Phi) is 2.44. The Labute approximate surface area is 90.6 Å². The minimum absolute atomic E-state index is 0.104. The first-order valence-corrected chi connectivity index (χ1v) is 4.68. The summed E-state index contributed by atoms with van der Waals surface area (Å²) in [6.07, 6.45) is 0. The molecule has 0 saturated carbocycles. The van der Waals surface area contributed by atoms with E-state index in [4.69, 9.17) is 27.7 Å². The van der Waals surface area contributed by atoms with Crippen molar-refractivity contribution in [1.29, 1.82) is 0 Å². The van der Waals surface area contributed by atoms with E-state index < -0.39 is 0 Å². The van der Waals surface area contributed by atoms with Crippen molar-refractivity contribution in [2.24, 2.45) is 0 Å². The van der Waals surface area contributed by atoms with Crippen LogP contribution >= 0.6 is 23.2 Å². The second kappa shape index (κ2) is 3.59. The molecule has 1 aromatic heterocycles. The third-order valence-corrected chi connectivity index (χ3v) is 2.38. The molecule has 0 aliphatic rings. The summed E-state index contributed by atoms with van der Waals surface area (Å²) in [6, 6.07) is 5.45.